The molecule has 30 heavy (non-hydrogen) atoms. The second-order valence-corrected chi connectivity index (χ2v) is 9.65. The van der Waals surface area contributed by atoms with Crippen LogP contribution in [0, 0.1) is 0 Å². The minimum absolute atomic E-state index is 0.161. The Hall–Kier alpha value is -2.32. The largest absolute Gasteiger partial charge is 0.360 e. The van der Waals surface area contributed by atoms with Crippen LogP contribution in [0.5, 0.6) is 0 Å². The number of benzene rings is 1. The number of para-hydroxylation sites is 1. The van der Waals surface area contributed by atoms with Gasteiger partial charge in [-0.1, -0.05) is 30.0 Å². The number of aromatic amines is 1. The molecule has 1 saturated heterocycles. The number of H-pyrrole nitrogens is 1. The highest BCUT2D eigenvalue weighted by Crippen LogP contribution is 2.42. The number of fused-ring (bicyclic) bond motifs is 1. The van der Waals surface area contributed by atoms with Gasteiger partial charge >= 0.3 is 0 Å². The maximum atomic E-state index is 13.0. The van der Waals surface area contributed by atoms with Crippen LogP contribution in [0.15, 0.2) is 35.6 Å². The number of rotatable bonds is 6. The summed E-state index contributed by atoms with van der Waals surface area (Å²) >= 11 is 1.55. The quantitative estimate of drug-likeness (QED) is 0.593. The van der Waals surface area contributed by atoms with Crippen molar-refractivity contribution >= 4 is 28.6 Å². The molecule has 1 aliphatic heterocycles. The minimum Gasteiger partial charge on any atom is -0.360 e. The molecule has 1 atom stereocenters. The first-order chi connectivity index (χ1) is 14.7. The molecule has 0 spiro atoms. The average molecular weight is 426 g/mol. The summed E-state index contributed by atoms with van der Waals surface area (Å²) in [5, 5.41) is 10.9. The number of thioether (sulfide) groups is 1. The van der Waals surface area contributed by atoms with Crippen LogP contribution in [-0.2, 0) is 4.79 Å². The fourth-order valence-electron chi connectivity index (χ4n) is 4.32. The summed E-state index contributed by atoms with van der Waals surface area (Å²) in [7, 11) is 0. The molecule has 0 radical (unpaired) electrons. The summed E-state index contributed by atoms with van der Waals surface area (Å²) in [6, 6.07) is 8.71. The van der Waals surface area contributed by atoms with E-state index in [-0.39, 0.29) is 11.2 Å². The zero-order valence-corrected chi connectivity index (χ0v) is 18.4. The normalized spacial score (nSPS) is 18.8. The zero-order chi connectivity index (χ0) is 20.7. The molecule has 0 bridgehead atoms. The van der Waals surface area contributed by atoms with E-state index < -0.39 is 0 Å². The lowest BCUT2D eigenvalue weighted by molar-refractivity contribution is -0.902. The van der Waals surface area contributed by atoms with Gasteiger partial charge in [-0.2, -0.15) is 0 Å². The van der Waals surface area contributed by atoms with E-state index in [2.05, 4.69) is 38.8 Å². The lowest BCUT2D eigenvalue weighted by atomic mass is 10.1. The minimum atomic E-state index is -0.161. The Morgan fingerprint density at radius 2 is 2.03 bits per heavy atom. The number of hydrogen-bond donors (Lipinski definition) is 2. The molecule has 1 amide bonds. The number of likely N-dealkylation sites (N-methyl/N-ethyl adjacent to an activating group) is 1. The molecule has 8 heteroatoms. The van der Waals surface area contributed by atoms with E-state index in [0.29, 0.717) is 6.04 Å². The number of aromatic nitrogens is 4. The van der Waals surface area contributed by atoms with Gasteiger partial charge in [0.25, 0.3) is 0 Å². The highest BCUT2D eigenvalue weighted by molar-refractivity contribution is 8.00. The number of amides is 1. The maximum Gasteiger partial charge on any atom is 0.236 e. The van der Waals surface area contributed by atoms with E-state index in [1.54, 1.807) is 16.7 Å². The highest BCUT2D eigenvalue weighted by atomic mass is 32.2. The molecular formula is C22H29N6OS+. The third kappa shape index (κ3) is 3.63. The highest BCUT2D eigenvalue weighted by Gasteiger charge is 2.33. The number of piperazine rings is 1. The van der Waals surface area contributed by atoms with Crippen molar-refractivity contribution in [3.8, 4) is 11.4 Å². The van der Waals surface area contributed by atoms with Gasteiger partial charge in [-0.3, -0.25) is 9.36 Å². The van der Waals surface area contributed by atoms with Gasteiger partial charge in [0.15, 0.2) is 11.0 Å². The van der Waals surface area contributed by atoms with E-state index in [0.717, 1.165) is 73.0 Å². The fraction of sp³-hybridized carbons (Fsp3) is 0.500. The standard InChI is InChI=1S/C22H28N6OS/c1-3-26-10-12-27(13-11-26)21(29)15(2)30-22-25-24-20(28(22)16-8-9-16)18-14-23-19-7-5-4-6-17(18)19/h4-7,14-16,23H,3,8-13H2,1-2H3/p+1/t15-/m1/s1. The third-order valence-electron chi connectivity index (χ3n) is 6.32. The van der Waals surface area contributed by atoms with Crippen LogP contribution in [0.4, 0.5) is 0 Å². The van der Waals surface area contributed by atoms with Crippen LogP contribution in [0.25, 0.3) is 22.3 Å². The Kier molecular flexibility index (Phi) is 5.28. The summed E-state index contributed by atoms with van der Waals surface area (Å²) in [5.41, 5.74) is 2.18. The van der Waals surface area contributed by atoms with Gasteiger partial charge in [0, 0.05) is 28.7 Å². The van der Waals surface area contributed by atoms with E-state index in [1.807, 2.05) is 30.2 Å². The van der Waals surface area contributed by atoms with E-state index in [4.69, 9.17) is 0 Å². The van der Waals surface area contributed by atoms with Crippen molar-refractivity contribution in [3.63, 3.8) is 0 Å². The fourth-order valence-corrected chi connectivity index (χ4v) is 5.33. The van der Waals surface area contributed by atoms with Crippen LogP contribution in [0.1, 0.15) is 32.7 Å². The lowest BCUT2D eigenvalue weighted by Gasteiger charge is -2.32. The molecule has 2 N–H and O–H groups in total. The topological polar surface area (TPSA) is 71.2 Å². The van der Waals surface area contributed by atoms with Crippen LogP contribution in [0.2, 0.25) is 0 Å². The number of quaternary nitrogens is 1. The number of carbonyl (C=O) groups excluding carboxylic acids is 1. The van der Waals surface area contributed by atoms with Gasteiger partial charge in [-0.05, 0) is 32.8 Å². The molecule has 1 aliphatic carbocycles. The predicted octanol–water partition coefficient (Wildman–Crippen LogP) is 1.99. The Bertz CT molecular complexity index is 1050. The van der Waals surface area contributed by atoms with Crippen molar-refractivity contribution in [2.45, 2.75) is 43.1 Å². The van der Waals surface area contributed by atoms with Gasteiger partial charge in [0.1, 0.15) is 0 Å². The Morgan fingerprint density at radius 1 is 1.27 bits per heavy atom. The molecular weight excluding hydrogens is 396 g/mol. The number of hydrogen-bond acceptors (Lipinski definition) is 4. The molecule has 2 aromatic heterocycles. The molecule has 158 valence electrons. The van der Waals surface area contributed by atoms with Crippen molar-refractivity contribution in [3.05, 3.63) is 30.5 Å². The smallest absolute Gasteiger partial charge is 0.236 e. The first kappa shape index (κ1) is 19.6. The molecule has 2 aliphatic rings. The second-order valence-electron chi connectivity index (χ2n) is 8.34. The van der Waals surface area contributed by atoms with Crippen molar-refractivity contribution in [2.24, 2.45) is 0 Å². The van der Waals surface area contributed by atoms with Crippen molar-refractivity contribution in [1.82, 2.24) is 24.6 Å². The van der Waals surface area contributed by atoms with Crippen LogP contribution in [0.3, 0.4) is 0 Å². The van der Waals surface area contributed by atoms with Gasteiger partial charge in [0.2, 0.25) is 5.91 Å². The monoisotopic (exact) mass is 425 g/mol. The molecule has 1 aromatic carbocycles. The van der Waals surface area contributed by atoms with Crippen molar-refractivity contribution < 1.29 is 9.69 Å². The third-order valence-corrected chi connectivity index (χ3v) is 7.36. The lowest BCUT2D eigenvalue weighted by Crippen LogP contribution is -3.14. The molecule has 2 fully saturated rings. The number of carbonyl (C=O) groups is 1. The summed E-state index contributed by atoms with van der Waals surface area (Å²) in [4.78, 5) is 20.0. The van der Waals surface area contributed by atoms with Gasteiger partial charge in [-0.25, -0.2) is 0 Å². The summed E-state index contributed by atoms with van der Waals surface area (Å²) in [5.74, 6) is 1.12. The SMILES string of the molecule is CC[NH+]1CCN(C(=O)[C@@H](C)Sc2nnc(-c3c[nH]c4ccccc34)n2C2CC2)CC1. The average Bonchev–Trinajstić information content (AvgIpc) is 3.40. The number of nitrogens with one attached hydrogen (secondary N) is 2. The maximum absolute atomic E-state index is 13.0. The summed E-state index contributed by atoms with van der Waals surface area (Å²) < 4.78 is 2.25. The van der Waals surface area contributed by atoms with Crippen LogP contribution in [-0.4, -0.2) is 68.5 Å². The van der Waals surface area contributed by atoms with Crippen molar-refractivity contribution in [1.29, 1.82) is 0 Å². The van der Waals surface area contributed by atoms with Crippen molar-refractivity contribution in [2.75, 3.05) is 32.7 Å². The first-order valence-electron chi connectivity index (χ1n) is 11.0. The summed E-state index contributed by atoms with van der Waals surface area (Å²) in [6.07, 6.45) is 4.31. The Labute approximate surface area is 180 Å². The Balaban J connectivity index is 1.37. The number of nitrogens with zero attached hydrogens (tertiary/aromatic N) is 4. The molecule has 1 saturated carbocycles. The Morgan fingerprint density at radius 3 is 2.77 bits per heavy atom. The van der Waals surface area contributed by atoms with E-state index in [9.17, 15) is 4.79 Å². The van der Waals surface area contributed by atoms with Crippen LogP contribution >= 0.6 is 11.8 Å². The van der Waals surface area contributed by atoms with Gasteiger partial charge in [0.05, 0.1) is 38.0 Å². The van der Waals surface area contributed by atoms with Gasteiger partial charge in [-0.15, -0.1) is 10.2 Å². The van der Waals surface area contributed by atoms with E-state index >= 15 is 0 Å². The second kappa shape index (κ2) is 8.07. The zero-order valence-electron chi connectivity index (χ0n) is 17.6. The molecule has 3 heterocycles. The summed E-state index contributed by atoms with van der Waals surface area (Å²) in [6.45, 7) is 9.13. The van der Waals surface area contributed by atoms with E-state index in [1.165, 1.54) is 0 Å². The van der Waals surface area contributed by atoms with Crippen LogP contribution < -0.4 is 4.90 Å². The molecule has 0 unspecified atom stereocenters. The first-order valence-corrected chi connectivity index (χ1v) is 11.8. The molecule has 5 rings (SSSR count). The van der Waals surface area contributed by atoms with Gasteiger partial charge < -0.3 is 14.8 Å². The predicted molar refractivity (Wildman–Crippen MR) is 119 cm³/mol. The molecule has 3 aromatic rings. The molecule has 7 nitrogen and oxygen atoms in total.